The van der Waals surface area contributed by atoms with Crippen LogP contribution in [-0.2, 0) is 22.7 Å². The molecule has 1 aromatic heterocycles. The van der Waals surface area contributed by atoms with E-state index in [0.717, 1.165) is 35.7 Å². The second kappa shape index (κ2) is 12.3. The summed E-state index contributed by atoms with van der Waals surface area (Å²) in [5.74, 6) is 0.812. The van der Waals surface area contributed by atoms with E-state index in [4.69, 9.17) is 14.2 Å². The van der Waals surface area contributed by atoms with Crippen LogP contribution in [-0.4, -0.2) is 42.7 Å². The first-order valence-electron chi connectivity index (χ1n) is 11.6. The topological polar surface area (TPSA) is 98.8 Å². The first-order chi connectivity index (χ1) is 17.1. The van der Waals surface area contributed by atoms with Gasteiger partial charge in [-0.05, 0) is 50.1 Å². The van der Waals surface area contributed by atoms with E-state index in [2.05, 4.69) is 15.6 Å². The summed E-state index contributed by atoms with van der Waals surface area (Å²) in [5, 5.41) is 8.71. The first kappa shape index (κ1) is 24.7. The lowest BCUT2D eigenvalue weighted by atomic mass is 10.1. The highest BCUT2D eigenvalue weighted by Crippen LogP contribution is 2.19. The molecule has 1 fully saturated rings. The highest BCUT2D eigenvalue weighted by molar-refractivity contribution is 7.09. The molecule has 35 heavy (non-hydrogen) atoms. The molecule has 8 nitrogen and oxygen atoms in total. The number of amides is 2. The highest BCUT2D eigenvalue weighted by Gasteiger charge is 2.16. The van der Waals surface area contributed by atoms with Crippen molar-refractivity contribution in [1.29, 1.82) is 0 Å². The summed E-state index contributed by atoms with van der Waals surface area (Å²) in [4.78, 5) is 29.1. The number of carbonyl (C=O) groups is 2. The van der Waals surface area contributed by atoms with Crippen LogP contribution in [0.5, 0.6) is 11.5 Å². The zero-order valence-electron chi connectivity index (χ0n) is 19.6. The Bertz CT molecular complexity index is 1130. The average molecular weight is 496 g/mol. The molecule has 184 valence electrons. The Morgan fingerprint density at radius 3 is 2.69 bits per heavy atom. The van der Waals surface area contributed by atoms with Crippen molar-refractivity contribution in [3.05, 3.63) is 75.7 Å². The Hall–Kier alpha value is -3.43. The number of hydrogen-bond donors (Lipinski definition) is 2. The van der Waals surface area contributed by atoms with Gasteiger partial charge in [0.15, 0.2) is 6.61 Å². The van der Waals surface area contributed by atoms with Gasteiger partial charge in [-0.2, -0.15) is 0 Å². The zero-order valence-corrected chi connectivity index (χ0v) is 20.4. The lowest BCUT2D eigenvalue weighted by Crippen LogP contribution is -2.35. The van der Waals surface area contributed by atoms with Crippen LogP contribution in [0.25, 0.3) is 0 Å². The number of nitrogens with one attached hydrogen (secondary N) is 2. The second-order valence-corrected chi connectivity index (χ2v) is 9.25. The number of rotatable bonds is 11. The van der Waals surface area contributed by atoms with Crippen LogP contribution in [0.2, 0.25) is 0 Å². The molecule has 2 N–H and O–H groups in total. The molecule has 2 aromatic carbocycles. The summed E-state index contributed by atoms with van der Waals surface area (Å²) in [6, 6.07) is 14.3. The Morgan fingerprint density at radius 2 is 1.94 bits per heavy atom. The third-order valence-electron chi connectivity index (χ3n) is 5.49. The highest BCUT2D eigenvalue weighted by atomic mass is 32.1. The van der Waals surface area contributed by atoms with Gasteiger partial charge >= 0.3 is 0 Å². The van der Waals surface area contributed by atoms with Gasteiger partial charge < -0.3 is 24.8 Å². The van der Waals surface area contributed by atoms with E-state index in [0.29, 0.717) is 30.2 Å². The summed E-state index contributed by atoms with van der Waals surface area (Å²) in [5.41, 5.74) is 2.19. The van der Waals surface area contributed by atoms with Crippen molar-refractivity contribution < 1.29 is 23.8 Å². The van der Waals surface area contributed by atoms with Gasteiger partial charge in [-0.1, -0.05) is 18.2 Å². The van der Waals surface area contributed by atoms with Crippen LogP contribution in [0.3, 0.4) is 0 Å². The molecule has 0 saturated carbocycles. The molecule has 2 heterocycles. The zero-order chi connectivity index (χ0) is 24.5. The van der Waals surface area contributed by atoms with Crippen LogP contribution in [0.15, 0.2) is 53.9 Å². The molecule has 2 amide bonds. The van der Waals surface area contributed by atoms with Crippen molar-refractivity contribution in [3.63, 3.8) is 0 Å². The predicted octanol–water partition coefficient (Wildman–Crippen LogP) is 3.63. The lowest BCUT2D eigenvalue weighted by molar-refractivity contribution is -0.123. The fraction of sp³-hybridized carbons (Fsp3) is 0.346. The summed E-state index contributed by atoms with van der Waals surface area (Å²) in [6.45, 7) is 3.76. The number of hydrogen-bond acceptors (Lipinski definition) is 7. The first-order valence-corrected chi connectivity index (χ1v) is 12.5. The van der Waals surface area contributed by atoms with Crippen LogP contribution >= 0.6 is 11.3 Å². The fourth-order valence-corrected chi connectivity index (χ4v) is 4.23. The maximum Gasteiger partial charge on any atom is 0.258 e. The Labute approximate surface area is 208 Å². The summed E-state index contributed by atoms with van der Waals surface area (Å²) >= 11 is 1.58. The predicted molar refractivity (Wildman–Crippen MR) is 133 cm³/mol. The van der Waals surface area contributed by atoms with Crippen molar-refractivity contribution >= 4 is 23.2 Å². The van der Waals surface area contributed by atoms with E-state index < -0.39 is 0 Å². The maximum atomic E-state index is 12.6. The Kier molecular flexibility index (Phi) is 8.69. The molecule has 0 radical (unpaired) electrons. The smallest absolute Gasteiger partial charge is 0.258 e. The number of ether oxygens (including phenoxy) is 3. The molecule has 4 rings (SSSR count). The molecule has 0 aliphatic carbocycles. The Morgan fingerprint density at radius 1 is 1.11 bits per heavy atom. The fourth-order valence-electron chi connectivity index (χ4n) is 3.63. The molecule has 0 spiro atoms. The standard InChI is InChI=1S/C26H29N3O5S/c1-18-29-21(17-35-18)15-33-22-10-8-19(9-11-22)26(31)28-13-20-5-2-3-7-24(20)34-16-25(30)27-14-23-6-4-12-32-23/h2-3,5,7-11,17,23H,4,6,12-16H2,1H3,(H,27,30)(H,28,31)/t23-/m1/s1. The third-order valence-corrected chi connectivity index (χ3v) is 6.31. The largest absolute Gasteiger partial charge is 0.487 e. The van der Waals surface area contributed by atoms with E-state index in [1.165, 1.54) is 0 Å². The quantitative estimate of drug-likeness (QED) is 0.422. The second-order valence-electron chi connectivity index (χ2n) is 8.19. The SMILES string of the molecule is Cc1nc(COc2ccc(C(=O)NCc3ccccc3OCC(=O)NC[C@H]3CCCO3)cc2)cs1. The Balaban J connectivity index is 1.23. The number of benzene rings is 2. The number of para-hydroxylation sites is 1. The van der Waals surface area contributed by atoms with Gasteiger partial charge in [-0.3, -0.25) is 9.59 Å². The number of aryl methyl sites for hydroxylation is 1. The third kappa shape index (κ3) is 7.53. The van der Waals surface area contributed by atoms with Crippen molar-refractivity contribution in [2.24, 2.45) is 0 Å². The van der Waals surface area contributed by atoms with E-state index in [1.54, 1.807) is 41.7 Å². The van der Waals surface area contributed by atoms with Gasteiger partial charge in [0.05, 0.1) is 16.8 Å². The van der Waals surface area contributed by atoms with Crippen molar-refractivity contribution in [2.45, 2.75) is 39.0 Å². The van der Waals surface area contributed by atoms with Gasteiger partial charge in [0.25, 0.3) is 11.8 Å². The van der Waals surface area contributed by atoms with Crippen LogP contribution in [0, 0.1) is 6.92 Å². The van der Waals surface area contributed by atoms with Crippen LogP contribution in [0.1, 0.15) is 39.5 Å². The van der Waals surface area contributed by atoms with Gasteiger partial charge in [-0.15, -0.1) is 11.3 Å². The van der Waals surface area contributed by atoms with E-state index >= 15 is 0 Å². The molecular weight excluding hydrogens is 466 g/mol. The summed E-state index contributed by atoms with van der Waals surface area (Å²) < 4.78 is 17.0. The minimum Gasteiger partial charge on any atom is -0.487 e. The number of aromatic nitrogens is 1. The molecule has 3 aromatic rings. The van der Waals surface area contributed by atoms with Gasteiger partial charge in [-0.25, -0.2) is 4.98 Å². The van der Waals surface area contributed by atoms with Crippen molar-refractivity contribution in [2.75, 3.05) is 19.8 Å². The molecule has 1 saturated heterocycles. The molecule has 0 unspecified atom stereocenters. The minimum absolute atomic E-state index is 0.0873. The molecule has 0 bridgehead atoms. The normalized spacial score (nSPS) is 14.9. The minimum atomic E-state index is -0.212. The van der Waals surface area contributed by atoms with Crippen molar-refractivity contribution in [1.82, 2.24) is 15.6 Å². The number of carbonyl (C=O) groups excluding carboxylic acids is 2. The van der Waals surface area contributed by atoms with E-state index in [-0.39, 0.29) is 31.1 Å². The van der Waals surface area contributed by atoms with Gasteiger partial charge in [0, 0.05) is 36.2 Å². The molecule has 1 atom stereocenters. The van der Waals surface area contributed by atoms with Gasteiger partial charge in [0.1, 0.15) is 18.1 Å². The average Bonchev–Trinajstić information content (AvgIpc) is 3.56. The summed E-state index contributed by atoms with van der Waals surface area (Å²) in [6.07, 6.45) is 2.08. The monoisotopic (exact) mass is 495 g/mol. The van der Waals surface area contributed by atoms with Crippen molar-refractivity contribution in [3.8, 4) is 11.5 Å². The number of nitrogens with zero attached hydrogens (tertiary/aromatic N) is 1. The number of thiazole rings is 1. The molecule has 1 aliphatic rings. The van der Waals surface area contributed by atoms with E-state index in [9.17, 15) is 9.59 Å². The maximum absolute atomic E-state index is 12.6. The molecule has 9 heteroatoms. The van der Waals surface area contributed by atoms with Crippen LogP contribution in [0.4, 0.5) is 0 Å². The molecule has 1 aliphatic heterocycles. The lowest BCUT2D eigenvalue weighted by Gasteiger charge is -2.14. The van der Waals surface area contributed by atoms with Crippen LogP contribution < -0.4 is 20.1 Å². The van der Waals surface area contributed by atoms with E-state index in [1.807, 2.05) is 30.5 Å². The summed E-state index contributed by atoms with van der Waals surface area (Å²) in [7, 11) is 0. The molecular formula is C26H29N3O5S. The van der Waals surface area contributed by atoms with Gasteiger partial charge in [0.2, 0.25) is 0 Å².